The van der Waals surface area contributed by atoms with Crippen LogP contribution in [0.3, 0.4) is 0 Å². The molecular formula is C24H20N2O4. The molecule has 6 nitrogen and oxygen atoms in total. The number of hydrogen-bond donors (Lipinski definition) is 2. The van der Waals surface area contributed by atoms with Gasteiger partial charge in [-0.3, -0.25) is 19.3 Å². The van der Waals surface area contributed by atoms with Crippen molar-refractivity contribution in [2.45, 2.75) is 6.42 Å². The van der Waals surface area contributed by atoms with E-state index in [1.165, 1.54) is 4.90 Å². The summed E-state index contributed by atoms with van der Waals surface area (Å²) in [5.41, 5.74) is 3.27. The van der Waals surface area contributed by atoms with Crippen molar-refractivity contribution in [3.05, 3.63) is 89.5 Å². The first-order valence-electron chi connectivity index (χ1n) is 9.67. The van der Waals surface area contributed by atoms with Gasteiger partial charge in [0.25, 0.3) is 17.7 Å². The minimum Gasteiger partial charge on any atom is -0.508 e. The Morgan fingerprint density at radius 1 is 0.800 bits per heavy atom. The topological polar surface area (TPSA) is 86.7 Å². The van der Waals surface area contributed by atoms with Crippen LogP contribution in [0.25, 0.3) is 11.1 Å². The minimum atomic E-state index is -0.285. The second kappa shape index (κ2) is 8.21. The average molecular weight is 400 g/mol. The number of carbonyl (C=O) groups excluding carboxylic acids is 3. The molecule has 2 N–H and O–H groups in total. The van der Waals surface area contributed by atoms with E-state index in [2.05, 4.69) is 5.32 Å². The van der Waals surface area contributed by atoms with E-state index in [0.717, 1.165) is 11.1 Å². The highest BCUT2D eigenvalue weighted by Gasteiger charge is 2.34. The Morgan fingerprint density at radius 2 is 1.33 bits per heavy atom. The fraction of sp³-hybridized carbons (Fsp3) is 0.125. The Balaban J connectivity index is 1.29. The van der Waals surface area contributed by atoms with Gasteiger partial charge < -0.3 is 10.4 Å². The maximum atomic E-state index is 12.3. The molecule has 1 heterocycles. The summed E-state index contributed by atoms with van der Waals surface area (Å²) in [5.74, 6) is -0.580. The highest BCUT2D eigenvalue weighted by molar-refractivity contribution is 6.21. The van der Waals surface area contributed by atoms with Crippen LogP contribution in [0, 0.1) is 0 Å². The van der Waals surface area contributed by atoms with E-state index < -0.39 is 0 Å². The number of hydrogen-bond acceptors (Lipinski definition) is 4. The van der Waals surface area contributed by atoms with Gasteiger partial charge in [0.1, 0.15) is 5.75 Å². The summed E-state index contributed by atoms with van der Waals surface area (Å²) >= 11 is 0. The monoisotopic (exact) mass is 400 g/mol. The number of imide groups is 1. The van der Waals surface area contributed by atoms with E-state index in [4.69, 9.17) is 0 Å². The standard InChI is InChI=1S/C24H20N2O4/c27-19-12-10-17(11-13-19)16-6-8-18(9-7-16)22(28)25-14-3-15-26-23(29)20-4-1-2-5-21(20)24(26)30/h1-2,4-13,27H,3,14-15H2,(H,25,28). The quantitative estimate of drug-likeness (QED) is 0.490. The Morgan fingerprint density at radius 3 is 1.90 bits per heavy atom. The van der Waals surface area contributed by atoms with Crippen LogP contribution >= 0.6 is 0 Å². The lowest BCUT2D eigenvalue weighted by Crippen LogP contribution is -2.33. The first kappa shape index (κ1) is 19.4. The van der Waals surface area contributed by atoms with Gasteiger partial charge in [0, 0.05) is 18.7 Å². The van der Waals surface area contributed by atoms with Crippen molar-refractivity contribution < 1.29 is 19.5 Å². The number of phenolic OH excluding ortho intramolecular Hbond substituents is 1. The highest BCUT2D eigenvalue weighted by atomic mass is 16.3. The van der Waals surface area contributed by atoms with E-state index in [9.17, 15) is 19.5 Å². The van der Waals surface area contributed by atoms with Crippen LogP contribution in [-0.4, -0.2) is 40.8 Å². The van der Waals surface area contributed by atoms with Crippen LogP contribution in [-0.2, 0) is 0 Å². The minimum absolute atomic E-state index is 0.205. The molecule has 0 radical (unpaired) electrons. The smallest absolute Gasteiger partial charge is 0.261 e. The van der Waals surface area contributed by atoms with Crippen molar-refractivity contribution in [2.24, 2.45) is 0 Å². The normalized spacial score (nSPS) is 12.7. The molecule has 3 aromatic rings. The van der Waals surface area contributed by atoms with Gasteiger partial charge in [-0.1, -0.05) is 36.4 Å². The lowest BCUT2D eigenvalue weighted by atomic mass is 10.0. The van der Waals surface area contributed by atoms with Crippen LogP contribution in [0.2, 0.25) is 0 Å². The van der Waals surface area contributed by atoms with E-state index in [1.807, 2.05) is 24.3 Å². The number of phenols is 1. The zero-order chi connectivity index (χ0) is 21.1. The molecule has 4 rings (SSSR count). The van der Waals surface area contributed by atoms with Crippen LogP contribution in [0.1, 0.15) is 37.5 Å². The van der Waals surface area contributed by atoms with Gasteiger partial charge in [0.15, 0.2) is 0 Å². The lowest BCUT2D eigenvalue weighted by Gasteiger charge is -2.14. The van der Waals surface area contributed by atoms with Crippen molar-refractivity contribution >= 4 is 17.7 Å². The largest absolute Gasteiger partial charge is 0.508 e. The van der Waals surface area contributed by atoms with Gasteiger partial charge in [-0.15, -0.1) is 0 Å². The number of benzene rings is 3. The molecular weight excluding hydrogens is 380 g/mol. The lowest BCUT2D eigenvalue weighted by molar-refractivity contribution is 0.0653. The van der Waals surface area contributed by atoms with E-state index in [1.54, 1.807) is 48.5 Å². The van der Waals surface area contributed by atoms with Crippen molar-refractivity contribution in [2.75, 3.05) is 13.1 Å². The number of nitrogens with zero attached hydrogens (tertiary/aromatic N) is 1. The molecule has 0 atom stereocenters. The van der Waals surface area contributed by atoms with Crippen molar-refractivity contribution in [3.63, 3.8) is 0 Å². The number of rotatable bonds is 6. The molecule has 6 heteroatoms. The molecule has 0 unspecified atom stereocenters. The van der Waals surface area contributed by atoms with Crippen LogP contribution in [0.5, 0.6) is 5.75 Å². The molecule has 1 aliphatic heterocycles. The molecule has 1 aliphatic rings. The third-order valence-corrected chi connectivity index (χ3v) is 5.07. The van der Waals surface area contributed by atoms with E-state index >= 15 is 0 Å². The summed E-state index contributed by atoms with van der Waals surface area (Å²) in [7, 11) is 0. The maximum absolute atomic E-state index is 12.3. The van der Waals surface area contributed by atoms with Gasteiger partial charge in [-0.05, 0) is 53.9 Å². The fourth-order valence-corrected chi connectivity index (χ4v) is 3.45. The molecule has 0 bridgehead atoms. The maximum Gasteiger partial charge on any atom is 0.261 e. The van der Waals surface area contributed by atoms with Crippen LogP contribution < -0.4 is 5.32 Å². The van der Waals surface area contributed by atoms with E-state index in [-0.39, 0.29) is 30.0 Å². The summed E-state index contributed by atoms with van der Waals surface area (Å²) in [5, 5.41) is 12.2. The second-order valence-corrected chi connectivity index (χ2v) is 7.04. The summed E-state index contributed by atoms with van der Waals surface area (Å²) in [4.78, 5) is 38.2. The van der Waals surface area contributed by atoms with Crippen LogP contribution in [0.15, 0.2) is 72.8 Å². The molecule has 30 heavy (non-hydrogen) atoms. The predicted octanol–water partition coefficient (Wildman–Crippen LogP) is 3.48. The second-order valence-electron chi connectivity index (χ2n) is 7.04. The number of nitrogens with one attached hydrogen (secondary N) is 1. The average Bonchev–Trinajstić information content (AvgIpc) is 3.02. The summed E-state index contributed by atoms with van der Waals surface area (Å²) < 4.78 is 0. The van der Waals surface area contributed by atoms with Crippen molar-refractivity contribution in [1.29, 1.82) is 0 Å². The number of aromatic hydroxyl groups is 1. The Bertz CT molecular complexity index is 1070. The Hall–Kier alpha value is -3.93. The van der Waals surface area contributed by atoms with Gasteiger partial charge in [-0.25, -0.2) is 0 Å². The molecule has 0 saturated heterocycles. The molecule has 0 aromatic heterocycles. The van der Waals surface area contributed by atoms with Crippen LogP contribution in [0.4, 0.5) is 0 Å². The number of fused-ring (bicyclic) bond motifs is 1. The molecule has 3 aromatic carbocycles. The first-order chi connectivity index (χ1) is 14.5. The predicted molar refractivity (Wildman–Crippen MR) is 112 cm³/mol. The van der Waals surface area contributed by atoms with Crippen molar-refractivity contribution in [1.82, 2.24) is 10.2 Å². The van der Waals surface area contributed by atoms with Gasteiger partial charge >= 0.3 is 0 Å². The zero-order valence-corrected chi connectivity index (χ0v) is 16.2. The Labute approximate surface area is 173 Å². The Kier molecular flexibility index (Phi) is 5.30. The zero-order valence-electron chi connectivity index (χ0n) is 16.2. The third kappa shape index (κ3) is 3.80. The van der Waals surface area contributed by atoms with Gasteiger partial charge in [0.2, 0.25) is 0 Å². The molecule has 0 saturated carbocycles. The van der Waals surface area contributed by atoms with Gasteiger partial charge in [0.05, 0.1) is 11.1 Å². The molecule has 0 aliphatic carbocycles. The van der Waals surface area contributed by atoms with Gasteiger partial charge in [-0.2, -0.15) is 0 Å². The number of amides is 3. The summed E-state index contributed by atoms with van der Waals surface area (Å²) in [6, 6.07) is 20.8. The first-order valence-corrected chi connectivity index (χ1v) is 9.67. The molecule has 3 amide bonds. The third-order valence-electron chi connectivity index (χ3n) is 5.07. The van der Waals surface area contributed by atoms with E-state index in [0.29, 0.717) is 29.7 Å². The van der Waals surface area contributed by atoms with Crippen molar-refractivity contribution in [3.8, 4) is 16.9 Å². The SMILES string of the molecule is O=C(NCCCN1C(=O)c2ccccc2C1=O)c1ccc(-c2ccc(O)cc2)cc1. The molecule has 0 spiro atoms. The highest BCUT2D eigenvalue weighted by Crippen LogP contribution is 2.23. The fourth-order valence-electron chi connectivity index (χ4n) is 3.45. The number of carbonyl (C=O) groups is 3. The molecule has 0 fully saturated rings. The summed E-state index contributed by atoms with van der Waals surface area (Å²) in [6.07, 6.45) is 0.475. The molecule has 150 valence electrons. The summed E-state index contributed by atoms with van der Waals surface area (Å²) in [6.45, 7) is 0.609.